The van der Waals surface area contributed by atoms with Gasteiger partial charge >= 0.3 is 0 Å². The van der Waals surface area contributed by atoms with Crippen molar-refractivity contribution >= 4 is 22.9 Å². The third kappa shape index (κ3) is 2.66. The molecule has 5 nitrogen and oxygen atoms in total. The zero-order valence-electron chi connectivity index (χ0n) is 10.5. The summed E-state index contributed by atoms with van der Waals surface area (Å²) < 4.78 is 5.68. The number of morpholine rings is 1. The van der Waals surface area contributed by atoms with Crippen molar-refractivity contribution in [1.29, 1.82) is 0 Å². The van der Waals surface area contributed by atoms with Crippen molar-refractivity contribution in [2.24, 2.45) is 0 Å². The molecule has 1 aliphatic rings. The lowest BCUT2D eigenvalue weighted by Gasteiger charge is -2.42. The molecule has 6 heteroatoms. The van der Waals surface area contributed by atoms with Crippen molar-refractivity contribution in [2.75, 3.05) is 25.4 Å². The van der Waals surface area contributed by atoms with Gasteiger partial charge < -0.3 is 20.5 Å². The number of carbonyl (C=O) groups excluding carboxylic acids is 1. The maximum Gasteiger partial charge on any atom is 0.266 e. The van der Waals surface area contributed by atoms with E-state index in [9.17, 15) is 9.90 Å². The number of amides is 1. The number of nitrogens with two attached hydrogens (primary N) is 1. The van der Waals surface area contributed by atoms with E-state index in [0.29, 0.717) is 23.7 Å². The number of aliphatic hydroxyl groups excluding tert-OH is 1. The normalized spacial score (nSPS) is 23.1. The first-order chi connectivity index (χ1) is 8.43. The maximum absolute atomic E-state index is 12.4. The molecule has 0 aromatic carbocycles. The molecule has 1 unspecified atom stereocenters. The van der Waals surface area contributed by atoms with Crippen molar-refractivity contribution in [3.63, 3.8) is 0 Å². The average molecular weight is 270 g/mol. The Hall–Kier alpha value is -1.11. The SMILES string of the molecule is CC1(C)CN(C(=O)c2sccc2N)CC(CO)O1. The summed E-state index contributed by atoms with van der Waals surface area (Å²) in [6.45, 7) is 4.63. The van der Waals surface area contributed by atoms with Crippen LogP contribution in [0.4, 0.5) is 5.69 Å². The highest BCUT2D eigenvalue weighted by atomic mass is 32.1. The molecule has 0 spiro atoms. The second kappa shape index (κ2) is 4.87. The summed E-state index contributed by atoms with van der Waals surface area (Å²) >= 11 is 1.34. The zero-order chi connectivity index (χ0) is 13.3. The van der Waals surface area contributed by atoms with Crippen LogP contribution in [0.1, 0.15) is 23.5 Å². The van der Waals surface area contributed by atoms with E-state index in [0.717, 1.165) is 0 Å². The number of ether oxygens (including phenoxy) is 1. The Bertz CT molecular complexity index is 444. The van der Waals surface area contributed by atoms with E-state index >= 15 is 0 Å². The molecule has 1 amide bonds. The Labute approximate surface area is 110 Å². The van der Waals surface area contributed by atoms with Gasteiger partial charge in [0.1, 0.15) is 4.88 Å². The number of hydrogen-bond acceptors (Lipinski definition) is 5. The summed E-state index contributed by atoms with van der Waals surface area (Å²) in [6, 6.07) is 1.73. The lowest BCUT2D eigenvalue weighted by molar-refractivity contribution is -0.139. The van der Waals surface area contributed by atoms with Gasteiger partial charge in [0, 0.05) is 13.1 Å². The Morgan fingerprint density at radius 2 is 2.44 bits per heavy atom. The molecule has 100 valence electrons. The third-order valence-corrected chi connectivity index (χ3v) is 3.78. The van der Waals surface area contributed by atoms with E-state index in [4.69, 9.17) is 10.5 Å². The fraction of sp³-hybridized carbons (Fsp3) is 0.583. The van der Waals surface area contributed by atoms with Crippen LogP contribution in [-0.4, -0.2) is 47.3 Å². The summed E-state index contributed by atoms with van der Waals surface area (Å²) in [7, 11) is 0. The molecule has 1 fully saturated rings. The van der Waals surface area contributed by atoms with Gasteiger partial charge in [-0.1, -0.05) is 0 Å². The summed E-state index contributed by atoms with van der Waals surface area (Å²) in [5, 5.41) is 11.0. The Balaban J connectivity index is 2.17. The number of rotatable bonds is 2. The molecule has 1 aromatic heterocycles. The number of nitrogens with zero attached hydrogens (tertiary/aromatic N) is 1. The monoisotopic (exact) mass is 270 g/mol. The molecule has 2 rings (SSSR count). The van der Waals surface area contributed by atoms with Gasteiger partial charge in [-0.05, 0) is 25.3 Å². The van der Waals surface area contributed by atoms with Gasteiger partial charge in [0.15, 0.2) is 0 Å². The second-order valence-electron chi connectivity index (χ2n) is 5.07. The van der Waals surface area contributed by atoms with Gasteiger partial charge in [-0.25, -0.2) is 0 Å². The van der Waals surface area contributed by atoms with Crippen LogP contribution in [0.5, 0.6) is 0 Å². The predicted octanol–water partition coefficient (Wildman–Crippen LogP) is 0.942. The Kier molecular flexibility index (Phi) is 3.61. The molecular formula is C12H18N2O3S. The van der Waals surface area contributed by atoms with E-state index in [2.05, 4.69) is 0 Å². The average Bonchev–Trinajstić information content (AvgIpc) is 2.72. The van der Waals surface area contributed by atoms with E-state index in [-0.39, 0.29) is 18.6 Å². The van der Waals surface area contributed by atoms with Crippen LogP contribution in [0.2, 0.25) is 0 Å². The summed E-state index contributed by atoms with van der Waals surface area (Å²) in [6.07, 6.45) is -0.334. The number of aliphatic hydroxyl groups is 1. The number of thiophene rings is 1. The smallest absolute Gasteiger partial charge is 0.266 e. The molecule has 0 aliphatic carbocycles. The van der Waals surface area contributed by atoms with Gasteiger partial charge in [0.25, 0.3) is 5.91 Å². The fourth-order valence-electron chi connectivity index (χ4n) is 2.18. The molecular weight excluding hydrogens is 252 g/mol. The first-order valence-corrected chi connectivity index (χ1v) is 6.72. The fourth-order valence-corrected chi connectivity index (χ4v) is 2.97. The van der Waals surface area contributed by atoms with Crippen LogP contribution in [0.25, 0.3) is 0 Å². The first-order valence-electron chi connectivity index (χ1n) is 5.84. The van der Waals surface area contributed by atoms with E-state index in [1.54, 1.807) is 16.3 Å². The number of hydrogen-bond donors (Lipinski definition) is 2. The molecule has 0 saturated carbocycles. The molecule has 1 aromatic rings. The minimum absolute atomic E-state index is 0.0858. The Morgan fingerprint density at radius 1 is 1.72 bits per heavy atom. The standard InChI is InChI=1S/C12H18N2O3S/c1-12(2)7-14(5-8(6-15)17-12)11(16)10-9(13)3-4-18-10/h3-4,8,15H,5-7,13H2,1-2H3. The summed E-state index contributed by atoms with van der Waals surface area (Å²) in [5.74, 6) is -0.0858. The number of anilines is 1. The molecule has 18 heavy (non-hydrogen) atoms. The highest BCUT2D eigenvalue weighted by molar-refractivity contribution is 7.12. The van der Waals surface area contributed by atoms with Crippen LogP contribution < -0.4 is 5.73 Å². The first kappa shape index (κ1) is 13.3. The lowest BCUT2D eigenvalue weighted by Crippen LogP contribution is -2.55. The highest BCUT2D eigenvalue weighted by Gasteiger charge is 2.36. The quantitative estimate of drug-likeness (QED) is 0.838. The molecule has 0 radical (unpaired) electrons. The molecule has 2 heterocycles. The van der Waals surface area contributed by atoms with Crippen LogP contribution in [0.15, 0.2) is 11.4 Å². The van der Waals surface area contributed by atoms with E-state index in [1.165, 1.54) is 11.3 Å². The van der Waals surface area contributed by atoms with Crippen molar-refractivity contribution in [2.45, 2.75) is 25.6 Å². The predicted molar refractivity (Wildman–Crippen MR) is 70.7 cm³/mol. The van der Waals surface area contributed by atoms with Crippen LogP contribution in [-0.2, 0) is 4.74 Å². The zero-order valence-corrected chi connectivity index (χ0v) is 11.4. The largest absolute Gasteiger partial charge is 0.397 e. The van der Waals surface area contributed by atoms with Crippen molar-refractivity contribution in [3.05, 3.63) is 16.3 Å². The van der Waals surface area contributed by atoms with Gasteiger partial charge in [-0.15, -0.1) is 11.3 Å². The highest BCUT2D eigenvalue weighted by Crippen LogP contribution is 2.26. The van der Waals surface area contributed by atoms with E-state index < -0.39 is 5.60 Å². The van der Waals surface area contributed by atoms with Crippen molar-refractivity contribution in [3.8, 4) is 0 Å². The topological polar surface area (TPSA) is 75.8 Å². The molecule has 3 N–H and O–H groups in total. The lowest BCUT2D eigenvalue weighted by atomic mass is 10.0. The second-order valence-corrected chi connectivity index (χ2v) is 5.99. The van der Waals surface area contributed by atoms with Gasteiger partial charge in [-0.3, -0.25) is 4.79 Å². The van der Waals surface area contributed by atoms with Crippen molar-refractivity contribution in [1.82, 2.24) is 4.90 Å². The minimum Gasteiger partial charge on any atom is -0.397 e. The number of carbonyl (C=O) groups is 1. The van der Waals surface area contributed by atoms with Crippen LogP contribution >= 0.6 is 11.3 Å². The van der Waals surface area contributed by atoms with Gasteiger partial charge in [0.05, 0.1) is 24.0 Å². The molecule has 1 saturated heterocycles. The van der Waals surface area contributed by atoms with Gasteiger partial charge in [-0.2, -0.15) is 0 Å². The summed E-state index contributed by atoms with van der Waals surface area (Å²) in [4.78, 5) is 14.6. The van der Waals surface area contributed by atoms with Crippen molar-refractivity contribution < 1.29 is 14.6 Å². The molecule has 1 aliphatic heterocycles. The van der Waals surface area contributed by atoms with Gasteiger partial charge in [0.2, 0.25) is 0 Å². The Morgan fingerprint density at radius 3 is 3.00 bits per heavy atom. The molecule has 0 bridgehead atoms. The van der Waals surface area contributed by atoms with Crippen LogP contribution in [0, 0.1) is 0 Å². The maximum atomic E-state index is 12.4. The summed E-state index contributed by atoms with van der Waals surface area (Å²) in [5.41, 5.74) is 5.82. The van der Waals surface area contributed by atoms with E-state index in [1.807, 2.05) is 13.8 Å². The molecule has 1 atom stereocenters. The third-order valence-electron chi connectivity index (χ3n) is 2.86. The number of nitrogen functional groups attached to an aromatic ring is 1. The minimum atomic E-state index is -0.451. The van der Waals surface area contributed by atoms with Crippen LogP contribution in [0.3, 0.4) is 0 Å².